The average molecular weight is 287 g/mol. The third kappa shape index (κ3) is 3.09. The van der Waals surface area contributed by atoms with Gasteiger partial charge in [0.25, 0.3) is 0 Å². The summed E-state index contributed by atoms with van der Waals surface area (Å²) in [6.45, 7) is 8.31. The Bertz CT molecular complexity index is 480. The van der Waals surface area contributed by atoms with Crippen LogP contribution in [0.5, 0.6) is 0 Å². The molecule has 3 nitrogen and oxygen atoms in total. The van der Waals surface area contributed by atoms with Crippen LogP contribution in [-0.4, -0.2) is 48.6 Å². The van der Waals surface area contributed by atoms with Crippen LogP contribution in [0.3, 0.4) is 0 Å². The molecule has 2 atom stereocenters. The molecular formula is C18H29N3. The Morgan fingerprint density at radius 3 is 2.48 bits per heavy atom. The number of anilines is 1. The van der Waals surface area contributed by atoms with Crippen molar-refractivity contribution < 1.29 is 0 Å². The summed E-state index contributed by atoms with van der Waals surface area (Å²) in [7, 11) is 2.32. The molecule has 2 saturated heterocycles. The highest BCUT2D eigenvalue weighted by atomic mass is 15.3. The van der Waals surface area contributed by atoms with Crippen LogP contribution in [-0.2, 0) is 5.41 Å². The second-order valence-corrected chi connectivity index (χ2v) is 7.58. The number of likely N-dealkylation sites (N-methyl/N-ethyl adjacent to an activating group) is 1. The van der Waals surface area contributed by atoms with Crippen molar-refractivity contribution >= 4 is 5.69 Å². The molecule has 3 rings (SSSR count). The molecule has 21 heavy (non-hydrogen) atoms. The standard InChI is InChI=1S/C18H29N3/c1-18(2,14-4-6-15(19)7-5-14)13-21-11-10-16-8-9-17(12-21)20(16)3/h4-7,16-17H,8-13,19H2,1-3H3. The summed E-state index contributed by atoms with van der Waals surface area (Å²) >= 11 is 0. The number of rotatable bonds is 3. The van der Waals surface area contributed by atoms with Crippen molar-refractivity contribution in [2.75, 3.05) is 32.4 Å². The molecule has 0 amide bonds. The smallest absolute Gasteiger partial charge is 0.0314 e. The first-order chi connectivity index (χ1) is 9.95. The Kier molecular flexibility index (Phi) is 3.98. The van der Waals surface area contributed by atoms with Gasteiger partial charge in [-0.2, -0.15) is 0 Å². The van der Waals surface area contributed by atoms with E-state index in [0.717, 1.165) is 24.3 Å². The van der Waals surface area contributed by atoms with E-state index < -0.39 is 0 Å². The van der Waals surface area contributed by atoms with Crippen LogP contribution >= 0.6 is 0 Å². The lowest BCUT2D eigenvalue weighted by atomic mass is 9.83. The minimum Gasteiger partial charge on any atom is -0.399 e. The molecule has 2 aliphatic rings. The fourth-order valence-electron chi connectivity index (χ4n) is 4.11. The van der Waals surface area contributed by atoms with Crippen molar-refractivity contribution in [3.63, 3.8) is 0 Å². The predicted molar refractivity (Wildman–Crippen MR) is 89.5 cm³/mol. The Morgan fingerprint density at radius 1 is 1.10 bits per heavy atom. The highest BCUT2D eigenvalue weighted by Crippen LogP contribution is 2.31. The van der Waals surface area contributed by atoms with Crippen molar-refractivity contribution in [1.82, 2.24) is 9.80 Å². The van der Waals surface area contributed by atoms with Crippen LogP contribution in [0, 0.1) is 0 Å². The first-order valence-corrected chi connectivity index (χ1v) is 8.26. The van der Waals surface area contributed by atoms with E-state index in [4.69, 9.17) is 5.73 Å². The molecule has 0 aromatic heterocycles. The Labute approximate surface area is 129 Å². The molecule has 0 aliphatic carbocycles. The van der Waals surface area contributed by atoms with Crippen molar-refractivity contribution in [1.29, 1.82) is 0 Å². The van der Waals surface area contributed by atoms with Gasteiger partial charge in [-0.15, -0.1) is 0 Å². The van der Waals surface area contributed by atoms with Crippen molar-refractivity contribution in [2.45, 2.75) is 50.6 Å². The van der Waals surface area contributed by atoms with Gasteiger partial charge in [0.05, 0.1) is 0 Å². The topological polar surface area (TPSA) is 32.5 Å². The van der Waals surface area contributed by atoms with E-state index in [2.05, 4.69) is 42.8 Å². The van der Waals surface area contributed by atoms with E-state index in [1.807, 2.05) is 12.1 Å². The van der Waals surface area contributed by atoms with Gasteiger partial charge in [-0.3, -0.25) is 4.90 Å². The summed E-state index contributed by atoms with van der Waals surface area (Å²) in [5.74, 6) is 0. The van der Waals surface area contributed by atoms with Gasteiger partial charge in [-0.25, -0.2) is 0 Å². The molecule has 0 saturated carbocycles. The van der Waals surface area contributed by atoms with E-state index in [0.29, 0.717) is 0 Å². The highest BCUT2D eigenvalue weighted by molar-refractivity contribution is 5.41. The quantitative estimate of drug-likeness (QED) is 0.868. The minimum absolute atomic E-state index is 0.176. The monoisotopic (exact) mass is 287 g/mol. The van der Waals surface area contributed by atoms with Crippen molar-refractivity contribution in [3.8, 4) is 0 Å². The van der Waals surface area contributed by atoms with Crippen LogP contribution in [0.4, 0.5) is 5.69 Å². The summed E-state index contributed by atoms with van der Waals surface area (Å²) in [5.41, 5.74) is 8.23. The minimum atomic E-state index is 0.176. The zero-order chi connectivity index (χ0) is 15.0. The van der Waals surface area contributed by atoms with Crippen LogP contribution in [0.25, 0.3) is 0 Å². The molecule has 2 unspecified atom stereocenters. The number of likely N-dealkylation sites (tertiary alicyclic amines) is 1. The number of nitrogen functional groups attached to an aromatic ring is 1. The van der Waals surface area contributed by atoms with Crippen molar-refractivity contribution in [3.05, 3.63) is 29.8 Å². The van der Waals surface area contributed by atoms with Gasteiger partial charge in [0.1, 0.15) is 0 Å². The molecule has 2 N–H and O–H groups in total. The first kappa shape index (κ1) is 14.9. The van der Waals surface area contributed by atoms with Crippen LogP contribution in [0.15, 0.2) is 24.3 Å². The predicted octanol–water partition coefficient (Wildman–Crippen LogP) is 2.71. The van der Waals surface area contributed by atoms with Gasteiger partial charge < -0.3 is 10.6 Å². The first-order valence-electron chi connectivity index (χ1n) is 8.26. The van der Waals surface area contributed by atoms with E-state index in [9.17, 15) is 0 Å². The molecular weight excluding hydrogens is 258 g/mol. The SMILES string of the molecule is CN1C2CCC1CN(CC(C)(C)c1ccc(N)cc1)CC2. The maximum atomic E-state index is 5.82. The van der Waals surface area contributed by atoms with Gasteiger partial charge >= 0.3 is 0 Å². The fourth-order valence-corrected chi connectivity index (χ4v) is 4.11. The van der Waals surface area contributed by atoms with E-state index in [-0.39, 0.29) is 5.41 Å². The number of benzene rings is 1. The fraction of sp³-hybridized carbons (Fsp3) is 0.667. The second kappa shape index (κ2) is 5.62. The van der Waals surface area contributed by atoms with Gasteiger partial charge in [-0.05, 0) is 50.6 Å². The Morgan fingerprint density at radius 2 is 1.76 bits per heavy atom. The third-order valence-electron chi connectivity index (χ3n) is 5.54. The van der Waals surface area contributed by atoms with Crippen molar-refractivity contribution in [2.24, 2.45) is 0 Å². The van der Waals surface area contributed by atoms with Gasteiger partial charge in [0.2, 0.25) is 0 Å². The van der Waals surface area contributed by atoms with Gasteiger partial charge in [0.15, 0.2) is 0 Å². The molecule has 116 valence electrons. The Balaban J connectivity index is 1.69. The summed E-state index contributed by atoms with van der Waals surface area (Å²) in [4.78, 5) is 5.30. The molecule has 1 aromatic rings. The second-order valence-electron chi connectivity index (χ2n) is 7.58. The van der Waals surface area contributed by atoms with Gasteiger partial charge in [0, 0.05) is 36.3 Å². The highest BCUT2D eigenvalue weighted by Gasteiger charge is 2.36. The van der Waals surface area contributed by atoms with Crippen LogP contribution in [0.1, 0.15) is 38.7 Å². The molecule has 0 radical (unpaired) electrons. The molecule has 2 heterocycles. The normalized spacial score (nSPS) is 27.8. The Hall–Kier alpha value is -1.06. The average Bonchev–Trinajstić information content (AvgIpc) is 2.68. The van der Waals surface area contributed by atoms with E-state index in [1.54, 1.807) is 0 Å². The number of nitrogens with two attached hydrogens (primary N) is 1. The maximum Gasteiger partial charge on any atom is 0.0314 e. The maximum absolute atomic E-state index is 5.82. The van der Waals surface area contributed by atoms with E-state index >= 15 is 0 Å². The number of nitrogens with zero attached hydrogens (tertiary/aromatic N) is 2. The summed E-state index contributed by atoms with van der Waals surface area (Å²) in [6, 6.07) is 10.0. The molecule has 1 aromatic carbocycles. The largest absolute Gasteiger partial charge is 0.399 e. The van der Waals surface area contributed by atoms with Gasteiger partial charge in [-0.1, -0.05) is 26.0 Å². The summed E-state index contributed by atoms with van der Waals surface area (Å²) in [6.07, 6.45) is 4.10. The van der Waals surface area contributed by atoms with Crippen LogP contribution in [0.2, 0.25) is 0 Å². The molecule has 3 heteroatoms. The lowest BCUT2D eigenvalue weighted by Crippen LogP contribution is -2.42. The van der Waals surface area contributed by atoms with E-state index in [1.165, 1.54) is 37.9 Å². The third-order valence-corrected chi connectivity index (χ3v) is 5.54. The molecule has 2 fully saturated rings. The van der Waals surface area contributed by atoms with Crippen LogP contribution < -0.4 is 5.73 Å². The molecule has 2 bridgehead atoms. The zero-order valence-corrected chi connectivity index (χ0v) is 13.7. The summed E-state index contributed by atoms with van der Waals surface area (Å²) in [5, 5.41) is 0. The molecule has 0 spiro atoms. The number of hydrogen-bond donors (Lipinski definition) is 1. The lowest BCUT2D eigenvalue weighted by molar-refractivity contribution is 0.193. The summed E-state index contributed by atoms with van der Waals surface area (Å²) < 4.78 is 0. The number of fused-ring (bicyclic) bond motifs is 2. The lowest BCUT2D eigenvalue weighted by Gasteiger charge is -2.34. The molecule has 2 aliphatic heterocycles. The number of hydrogen-bond acceptors (Lipinski definition) is 3. The zero-order valence-electron chi connectivity index (χ0n) is 13.7.